The Morgan fingerprint density at radius 1 is 0.440 bits per heavy atom. The Hall–Kier alpha value is -6.07. The summed E-state index contributed by atoms with van der Waals surface area (Å²) >= 11 is 0. The Morgan fingerprint density at radius 3 is 1.70 bits per heavy atom. The van der Waals surface area contributed by atoms with Gasteiger partial charge in [-0.15, -0.1) is 54.1 Å². The van der Waals surface area contributed by atoms with Crippen LogP contribution in [0.15, 0.2) is 175 Å². The molecule has 0 fully saturated rings. The van der Waals surface area contributed by atoms with Gasteiger partial charge in [0.2, 0.25) is 5.71 Å². The Bertz CT molecular complexity index is 2380. The second-order valence-electron chi connectivity index (χ2n) is 11.3. The zero-order valence-electron chi connectivity index (χ0n) is 26.7. The smallest absolute Gasteiger partial charge is 0.216 e. The first-order valence-electron chi connectivity index (χ1n) is 16.0. The minimum atomic E-state index is 0. The van der Waals surface area contributed by atoms with Crippen molar-refractivity contribution in [3.8, 4) is 56.3 Å². The van der Waals surface area contributed by atoms with E-state index in [1.807, 2.05) is 115 Å². The summed E-state index contributed by atoms with van der Waals surface area (Å²) in [6.45, 7) is 0. The monoisotopic (exact) mass is 821 g/mol. The van der Waals surface area contributed by atoms with Gasteiger partial charge in [0.05, 0.1) is 22.7 Å². The molecule has 50 heavy (non-hydrogen) atoms. The van der Waals surface area contributed by atoms with E-state index < -0.39 is 0 Å². The topological polar surface area (TPSA) is 64.7 Å². The van der Waals surface area contributed by atoms with Crippen molar-refractivity contribution in [1.29, 1.82) is 0 Å². The van der Waals surface area contributed by atoms with E-state index in [2.05, 4.69) is 64.6 Å². The van der Waals surface area contributed by atoms with Gasteiger partial charge >= 0.3 is 0 Å². The van der Waals surface area contributed by atoms with Crippen molar-refractivity contribution in [2.45, 2.75) is 0 Å². The molecular weight excluding hydrogens is 793 g/mol. The summed E-state index contributed by atoms with van der Waals surface area (Å²) in [7, 11) is 0. The normalized spacial score (nSPS) is 10.6. The van der Waals surface area contributed by atoms with Crippen LogP contribution in [0.1, 0.15) is 0 Å². The Kier molecular flexibility index (Phi) is 9.74. The molecule has 5 aromatic heterocycles. The van der Waals surface area contributed by atoms with Gasteiger partial charge in [0.15, 0.2) is 0 Å². The molecule has 9 aromatic rings. The Labute approximate surface area is 303 Å². The van der Waals surface area contributed by atoms with Crippen LogP contribution in [-0.4, -0.2) is 19.9 Å². The van der Waals surface area contributed by atoms with Crippen molar-refractivity contribution in [2.24, 2.45) is 0 Å². The van der Waals surface area contributed by atoms with Crippen molar-refractivity contribution >= 4 is 22.1 Å². The average Bonchev–Trinajstić information content (AvgIpc) is 3.58. The van der Waals surface area contributed by atoms with Gasteiger partial charge < -0.3 is 14.4 Å². The molecule has 5 heterocycles. The second kappa shape index (κ2) is 15.0. The van der Waals surface area contributed by atoms with Gasteiger partial charge in [-0.1, -0.05) is 95.9 Å². The maximum atomic E-state index is 6.33. The van der Waals surface area contributed by atoms with Crippen molar-refractivity contribution in [2.75, 3.05) is 0 Å². The molecule has 0 saturated heterocycles. The molecule has 0 atom stereocenters. The van der Waals surface area contributed by atoms with Crippen molar-refractivity contribution < 1.29 is 24.5 Å². The van der Waals surface area contributed by atoms with Crippen molar-refractivity contribution in [3.63, 3.8) is 0 Å². The molecule has 4 aromatic carbocycles. The molecule has 0 saturated carbocycles. The van der Waals surface area contributed by atoms with Crippen molar-refractivity contribution in [1.82, 2.24) is 19.9 Å². The fourth-order valence-electron chi connectivity index (χ4n) is 5.75. The molecule has 0 unspecified atom stereocenters. The van der Waals surface area contributed by atoms with Gasteiger partial charge in [0, 0.05) is 54.6 Å². The van der Waals surface area contributed by atoms with E-state index in [0.29, 0.717) is 5.71 Å². The van der Waals surface area contributed by atoms with Crippen LogP contribution < -0.4 is 0 Å². The summed E-state index contributed by atoms with van der Waals surface area (Å²) in [6, 6.07) is 58.6. The van der Waals surface area contributed by atoms with Gasteiger partial charge in [-0.2, -0.15) is 0 Å². The third kappa shape index (κ3) is 6.90. The van der Waals surface area contributed by atoms with Gasteiger partial charge in [-0.25, -0.2) is 9.97 Å². The van der Waals surface area contributed by atoms with Crippen LogP contribution in [0.3, 0.4) is 0 Å². The summed E-state index contributed by atoms with van der Waals surface area (Å²) in [5, 5.41) is 1.96. The van der Waals surface area contributed by atoms with Gasteiger partial charge in [-0.05, 0) is 47.8 Å². The average molecular weight is 821 g/mol. The van der Waals surface area contributed by atoms with E-state index in [1.165, 1.54) is 0 Å². The first kappa shape index (κ1) is 32.5. The zero-order valence-corrected chi connectivity index (χ0v) is 29.1. The van der Waals surface area contributed by atoms with Crippen LogP contribution in [0.25, 0.3) is 78.4 Å². The molecule has 9 rings (SSSR count). The number of benzene rings is 4. The molecular formula is C44H28IrN4O-2. The van der Waals surface area contributed by atoms with Crippen LogP contribution in [0.4, 0.5) is 0 Å². The summed E-state index contributed by atoms with van der Waals surface area (Å²) in [6.07, 6.45) is 3.56. The van der Waals surface area contributed by atoms with Crippen LogP contribution in [0, 0.1) is 12.1 Å². The quantitative estimate of drug-likeness (QED) is 0.162. The summed E-state index contributed by atoms with van der Waals surface area (Å²) in [5.41, 5.74) is 10.7. The van der Waals surface area contributed by atoms with E-state index in [-0.39, 0.29) is 20.1 Å². The molecule has 0 bridgehead atoms. The molecule has 0 aliphatic heterocycles. The molecule has 241 valence electrons. The predicted octanol–water partition coefficient (Wildman–Crippen LogP) is 10.8. The number of fused-ring (bicyclic) bond motifs is 3. The summed E-state index contributed by atoms with van der Waals surface area (Å²) < 4.78 is 6.33. The minimum Gasteiger partial charge on any atom is -0.486 e. The third-order valence-corrected chi connectivity index (χ3v) is 8.13. The van der Waals surface area contributed by atoms with E-state index in [1.54, 1.807) is 12.4 Å². The van der Waals surface area contributed by atoms with E-state index in [0.717, 1.165) is 72.6 Å². The number of pyridine rings is 4. The standard InChI is InChI=1S/C33H20N3O.C11H8N.Ir/c1-3-10-22(11-4-1)30-20-24(21-31(35-30)23-12-5-2-6-13-23)28-18-17-26-25-14-9-15-27(29-16-7-8-19-34-29)32(25)37-33(26)36-28;1-2-6-10(7-3-1)11-8-4-5-9-12-11;/h1-14,16-21H;1-6,8-9H;/q2*-1;. The molecule has 0 amide bonds. The fourth-order valence-corrected chi connectivity index (χ4v) is 5.75. The van der Waals surface area contributed by atoms with Crippen LogP contribution in [0.5, 0.6) is 0 Å². The molecule has 0 N–H and O–H groups in total. The molecule has 1 radical (unpaired) electrons. The molecule has 0 aliphatic carbocycles. The molecule has 5 nitrogen and oxygen atoms in total. The third-order valence-electron chi connectivity index (χ3n) is 8.13. The van der Waals surface area contributed by atoms with E-state index >= 15 is 0 Å². The van der Waals surface area contributed by atoms with Crippen LogP contribution >= 0.6 is 0 Å². The van der Waals surface area contributed by atoms with E-state index in [9.17, 15) is 0 Å². The maximum Gasteiger partial charge on any atom is 0.216 e. The molecule has 0 spiro atoms. The number of hydrogen-bond acceptors (Lipinski definition) is 5. The van der Waals surface area contributed by atoms with Gasteiger partial charge in [0.1, 0.15) is 0 Å². The SMILES string of the molecule is [Ir].[c-]1ccc2c(oc3nc(-c4cc(-c5ccccc5)nc(-c5ccccc5)c4)ccc32)c1-c1ccccn1.[c-]1ccccc1-c1ccccn1. The number of aromatic nitrogens is 4. The number of furan rings is 1. The fraction of sp³-hybridized carbons (Fsp3) is 0. The maximum absolute atomic E-state index is 6.33. The molecule has 0 aliphatic rings. The minimum absolute atomic E-state index is 0. The number of rotatable bonds is 5. The first-order chi connectivity index (χ1) is 24.3. The zero-order chi connectivity index (χ0) is 32.8. The van der Waals surface area contributed by atoms with Gasteiger partial charge in [0.25, 0.3) is 0 Å². The Morgan fingerprint density at radius 2 is 1.08 bits per heavy atom. The van der Waals surface area contributed by atoms with Crippen molar-refractivity contribution in [3.05, 3.63) is 182 Å². The van der Waals surface area contributed by atoms with Crippen LogP contribution in [-0.2, 0) is 20.1 Å². The number of nitrogens with zero attached hydrogens (tertiary/aromatic N) is 4. The van der Waals surface area contributed by atoms with Crippen LogP contribution in [0.2, 0.25) is 0 Å². The summed E-state index contributed by atoms with van der Waals surface area (Å²) in [5.74, 6) is 0. The van der Waals surface area contributed by atoms with E-state index in [4.69, 9.17) is 14.4 Å². The Balaban J connectivity index is 0.000000255. The predicted molar refractivity (Wildman–Crippen MR) is 196 cm³/mol. The largest absolute Gasteiger partial charge is 0.486 e. The van der Waals surface area contributed by atoms with Gasteiger partial charge in [-0.3, -0.25) is 0 Å². The molecule has 6 heteroatoms. The summed E-state index contributed by atoms with van der Waals surface area (Å²) in [4.78, 5) is 18.6. The second-order valence-corrected chi connectivity index (χ2v) is 11.3. The first-order valence-corrected chi connectivity index (χ1v) is 16.0. The number of hydrogen-bond donors (Lipinski definition) is 0.